The molecule has 7 nitrogen and oxygen atoms in total. The van der Waals surface area contributed by atoms with Crippen molar-refractivity contribution in [1.29, 1.82) is 0 Å². The van der Waals surface area contributed by atoms with Crippen molar-refractivity contribution in [2.45, 2.75) is 84.0 Å². The fourth-order valence-electron chi connectivity index (χ4n) is 6.45. The third kappa shape index (κ3) is 8.80. The molecule has 0 spiro atoms. The van der Waals surface area contributed by atoms with Gasteiger partial charge in [-0.15, -0.1) is 0 Å². The number of rotatable bonds is 6. The first kappa shape index (κ1) is 36.6. The summed E-state index contributed by atoms with van der Waals surface area (Å²) in [6, 6.07) is 5.28. The average Bonchev–Trinajstić information content (AvgIpc) is 2.97. The summed E-state index contributed by atoms with van der Waals surface area (Å²) in [6.07, 6.45) is 2.21. The SMILES string of the molecule is Cc1cc(C)c2c(c1)CCCC/C=C\C[C@H](n1cc(CCN(C)C)c(C(F)(F)F)cc1=O)C(=O)N[C@@H](CC(=O)O)c1cc-2cc(C)c1F. The van der Waals surface area contributed by atoms with Gasteiger partial charge in [-0.25, -0.2) is 4.39 Å². The predicted octanol–water partition coefficient (Wildman–Crippen LogP) is 7.25. The second-order valence-corrected chi connectivity index (χ2v) is 12.9. The number of fused-ring (bicyclic) bond motifs is 4. The molecule has 1 amide bonds. The molecule has 2 aromatic carbocycles. The molecule has 1 aromatic heterocycles. The van der Waals surface area contributed by atoms with Gasteiger partial charge in [0.15, 0.2) is 0 Å². The number of alkyl halides is 3. The molecule has 2 bridgehead atoms. The van der Waals surface area contributed by atoms with Crippen molar-refractivity contribution in [3.8, 4) is 11.1 Å². The summed E-state index contributed by atoms with van der Waals surface area (Å²) in [7, 11) is 3.42. The van der Waals surface area contributed by atoms with Gasteiger partial charge in [0.1, 0.15) is 11.9 Å². The van der Waals surface area contributed by atoms with Crippen molar-refractivity contribution < 1.29 is 32.3 Å². The topological polar surface area (TPSA) is 91.6 Å². The molecule has 0 unspecified atom stereocenters. The minimum atomic E-state index is -4.79. The number of carboxylic acids is 1. The quantitative estimate of drug-likeness (QED) is 0.213. The van der Waals surface area contributed by atoms with Gasteiger partial charge in [0, 0.05) is 24.4 Å². The van der Waals surface area contributed by atoms with Crippen LogP contribution < -0.4 is 10.9 Å². The highest BCUT2D eigenvalue weighted by Gasteiger charge is 2.35. The monoisotopic (exact) mass is 669 g/mol. The number of allylic oxidation sites excluding steroid dienone is 2. The van der Waals surface area contributed by atoms with Crippen LogP contribution in [-0.2, 0) is 28.6 Å². The minimum absolute atomic E-state index is 0.0282. The second kappa shape index (κ2) is 15.3. The summed E-state index contributed by atoms with van der Waals surface area (Å²) in [5.74, 6) is -2.78. The van der Waals surface area contributed by atoms with Crippen molar-refractivity contribution in [3.63, 3.8) is 0 Å². The molecule has 2 atom stereocenters. The van der Waals surface area contributed by atoms with Gasteiger partial charge in [0.2, 0.25) is 5.91 Å². The van der Waals surface area contributed by atoms with Crippen molar-refractivity contribution in [2.24, 2.45) is 0 Å². The Kier molecular flexibility index (Phi) is 11.7. The van der Waals surface area contributed by atoms with Crippen LogP contribution in [0, 0.1) is 26.6 Å². The Morgan fingerprint density at radius 2 is 1.75 bits per heavy atom. The fourth-order valence-corrected chi connectivity index (χ4v) is 6.45. The smallest absolute Gasteiger partial charge is 0.416 e. The number of pyridine rings is 1. The van der Waals surface area contributed by atoms with Crippen molar-refractivity contribution in [3.05, 3.63) is 104 Å². The van der Waals surface area contributed by atoms with E-state index >= 15 is 4.39 Å². The maximum atomic E-state index is 15.9. The first-order valence-corrected chi connectivity index (χ1v) is 16.1. The van der Waals surface area contributed by atoms with Crippen molar-refractivity contribution >= 4 is 11.9 Å². The number of nitrogens with one attached hydrogen (secondary N) is 1. The van der Waals surface area contributed by atoms with E-state index in [4.69, 9.17) is 0 Å². The largest absolute Gasteiger partial charge is 0.481 e. The summed E-state index contributed by atoms with van der Waals surface area (Å²) in [6.45, 7) is 5.82. The Morgan fingerprint density at radius 1 is 1.02 bits per heavy atom. The maximum Gasteiger partial charge on any atom is 0.416 e. The highest BCUT2D eigenvalue weighted by molar-refractivity contribution is 5.82. The lowest BCUT2D eigenvalue weighted by molar-refractivity contribution is -0.139. The Morgan fingerprint density at radius 3 is 2.42 bits per heavy atom. The standard InChI is InChI=1S/C37H43F4N3O4/c1-22-15-23(2)34-25(16-22)11-9-7-6-8-10-12-31(44-21-26(13-14-43(4)5)29(19-32(44)45)37(39,40)41)36(48)42-30(20-33(46)47)28-18-27(34)17-24(3)35(28)38/h8,10,15-19,21,30-31H,6-7,9,11-14,20H2,1-5H3,(H,42,48)(H,46,47)/b10-8-/t30-,31-/m0/s1. The third-order valence-corrected chi connectivity index (χ3v) is 8.73. The fraction of sp³-hybridized carbons (Fsp3) is 0.432. The van der Waals surface area contributed by atoms with Gasteiger partial charge in [-0.1, -0.05) is 29.8 Å². The zero-order valence-electron chi connectivity index (χ0n) is 28.0. The summed E-state index contributed by atoms with van der Waals surface area (Å²) in [4.78, 5) is 41.1. The number of aromatic nitrogens is 1. The van der Waals surface area contributed by atoms with Crippen molar-refractivity contribution in [1.82, 2.24) is 14.8 Å². The van der Waals surface area contributed by atoms with Crippen molar-refractivity contribution in [2.75, 3.05) is 20.6 Å². The van der Waals surface area contributed by atoms with E-state index < -0.39 is 53.5 Å². The molecule has 4 rings (SSSR count). The van der Waals surface area contributed by atoms with Crippen LogP contribution in [0.3, 0.4) is 0 Å². The van der Waals surface area contributed by atoms with E-state index in [0.29, 0.717) is 18.1 Å². The first-order valence-electron chi connectivity index (χ1n) is 16.1. The Labute approximate surface area is 278 Å². The summed E-state index contributed by atoms with van der Waals surface area (Å²) in [5.41, 5.74) is 2.76. The van der Waals surface area contributed by atoms with Gasteiger partial charge in [0.25, 0.3) is 5.56 Å². The molecule has 48 heavy (non-hydrogen) atoms. The van der Waals surface area contributed by atoms with E-state index in [-0.39, 0.29) is 36.1 Å². The van der Waals surface area contributed by atoms with E-state index in [1.807, 2.05) is 26.0 Å². The molecule has 2 N–H and O–H groups in total. The van der Waals surface area contributed by atoms with Crippen LogP contribution in [0.4, 0.5) is 17.6 Å². The zero-order chi connectivity index (χ0) is 35.3. The number of carboxylic acid groups (broad SMARTS) is 1. The van der Waals surface area contributed by atoms with Crippen LogP contribution >= 0.6 is 0 Å². The highest BCUT2D eigenvalue weighted by Crippen LogP contribution is 2.36. The van der Waals surface area contributed by atoms with Gasteiger partial charge in [-0.05, 0) is 119 Å². The molecular weight excluding hydrogens is 626 g/mol. The molecule has 0 aliphatic carbocycles. The Hall–Kier alpha value is -4.25. The number of hydrogen-bond acceptors (Lipinski definition) is 4. The third-order valence-electron chi connectivity index (χ3n) is 8.73. The molecule has 0 saturated carbocycles. The van der Waals surface area contributed by atoms with E-state index in [1.54, 1.807) is 44.1 Å². The van der Waals surface area contributed by atoms with Crippen LogP contribution in [-0.4, -0.2) is 47.1 Å². The highest BCUT2D eigenvalue weighted by atomic mass is 19.4. The lowest BCUT2D eigenvalue weighted by Gasteiger charge is -2.26. The first-order chi connectivity index (χ1) is 22.6. The van der Waals surface area contributed by atoms with E-state index in [0.717, 1.165) is 52.3 Å². The molecule has 0 fully saturated rings. The number of likely N-dealkylation sites (N-methyl/N-ethyl adjacent to an activating group) is 1. The molecule has 3 aromatic rings. The predicted molar refractivity (Wildman–Crippen MR) is 177 cm³/mol. The molecule has 0 saturated heterocycles. The lowest BCUT2D eigenvalue weighted by Crippen LogP contribution is -2.40. The maximum absolute atomic E-state index is 15.9. The van der Waals surface area contributed by atoms with Crippen LogP contribution in [0.2, 0.25) is 0 Å². The van der Waals surface area contributed by atoms with Crippen LogP contribution in [0.25, 0.3) is 11.1 Å². The number of carbonyl (C=O) groups excluding carboxylic acids is 1. The molecule has 2 heterocycles. The van der Waals surface area contributed by atoms with E-state index in [2.05, 4.69) is 11.4 Å². The minimum Gasteiger partial charge on any atom is -0.481 e. The van der Waals surface area contributed by atoms with E-state index in [1.165, 1.54) is 0 Å². The zero-order valence-corrected chi connectivity index (χ0v) is 28.0. The van der Waals surface area contributed by atoms with Gasteiger partial charge >= 0.3 is 12.1 Å². The molecule has 1 aliphatic heterocycles. The average molecular weight is 670 g/mol. The number of halogens is 4. The Bertz CT molecular complexity index is 1760. The molecular formula is C37H43F4N3O4. The number of hydrogen-bond donors (Lipinski definition) is 2. The number of amides is 1. The number of aryl methyl sites for hydroxylation is 4. The number of carbonyl (C=O) groups is 2. The number of aliphatic carboxylic acids is 1. The number of benzene rings is 2. The van der Waals surface area contributed by atoms with E-state index in [9.17, 15) is 32.7 Å². The molecule has 11 heteroatoms. The van der Waals surface area contributed by atoms with Crippen LogP contribution in [0.1, 0.15) is 83.1 Å². The van der Waals surface area contributed by atoms with Crippen LogP contribution in [0.15, 0.2) is 53.5 Å². The summed E-state index contributed by atoms with van der Waals surface area (Å²) < 4.78 is 58.8. The molecule has 0 radical (unpaired) electrons. The molecule has 258 valence electrons. The number of nitrogens with zero attached hydrogens (tertiary/aromatic N) is 2. The van der Waals surface area contributed by atoms with Gasteiger partial charge in [-0.2, -0.15) is 13.2 Å². The summed E-state index contributed by atoms with van der Waals surface area (Å²) >= 11 is 0. The summed E-state index contributed by atoms with van der Waals surface area (Å²) in [5, 5.41) is 12.5. The lowest BCUT2D eigenvalue weighted by atomic mass is 9.87. The molecule has 1 aliphatic rings. The van der Waals surface area contributed by atoms with Gasteiger partial charge < -0.3 is 19.9 Å². The second-order valence-electron chi connectivity index (χ2n) is 12.9. The Balaban J connectivity index is 1.89. The normalized spacial score (nSPS) is 18.3. The van der Waals surface area contributed by atoms with Gasteiger partial charge in [0.05, 0.1) is 18.0 Å². The van der Waals surface area contributed by atoms with Crippen LogP contribution in [0.5, 0.6) is 0 Å². The van der Waals surface area contributed by atoms with Gasteiger partial charge in [-0.3, -0.25) is 14.4 Å².